The molecule has 0 fully saturated rings. The third-order valence-electron chi connectivity index (χ3n) is 3.02. The fourth-order valence-electron chi connectivity index (χ4n) is 1.76. The Kier molecular flexibility index (Phi) is 6.28. The van der Waals surface area contributed by atoms with Gasteiger partial charge in [-0.2, -0.15) is 0 Å². The normalized spacial score (nSPS) is 11.5. The first kappa shape index (κ1) is 16.3. The van der Waals surface area contributed by atoms with Crippen molar-refractivity contribution in [2.45, 2.75) is 13.0 Å². The topological polar surface area (TPSA) is 54.3 Å². The predicted octanol–water partition coefficient (Wildman–Crippen LogP) is 2.71. The Bertz CT molecular complexity index is 540. The number of carbonyl (C=O) groups excluding carboxylic acids is 1. The molecular formula is C15H19ClN2O2. The van der Waals surface area contributed by atoms with Gasteiger partial charge >= 0.3 is 0 Å². The first-order chi connectivity index (χ1) is 9.22. The molecule has 1 unspecified atom stereocenters. The number of nitrogens with one attached hydrogen (secondary N) is 2. The van der Waals surface area contributed by atoms with E-state index in [1.54, 1.807) is 6.26 Å². The molecule has 108 valence electrons. The molecule has 1 amide bonds. The number of benzene rings is 1. The number of likely N-dealkylation sites (N-methyl/N-ethyl adjacent to an activating group) is 1. The van der Waals surface area contributed by atoms with E-state index < -0.39 is 0 Å². The summed E-state index contributed by atoms with van der Waals surface area (Å²) in [5, 5.41) is 5.92. The van der Waals surface area contributed by atoms with Gasteiger partial charge in [-0.25, -0.2) is 0 Å². The standard InChI is InChI=1S/C15H18N2O2.ClH/c1-11(16-2)10-17-15(18)14-13(8-9-19-14)12-6-4-3-5-7-12;/h3-9,11,16H,10H2,1-2H3,(H,17,18);1H. The SMILES string of the molecule is CNC(C)CNC(=O)c1occc1-c1ccccc1.Cl. The summed E-state index contributed by atoms with van der Waals surface area (Å²) < 4.78 is 5.31. The summed E-state index contributed by atoms with van der Waals surface area (Å²) in [7, 11) is 1.86. The summed E-state index contributed by atoms with van der Waals surface area (Å²) in [4.78, 5) is 12.1. The van der Waals surface area contributed by atoms with Crippen molar-refractivity contribution in [3.8, 4) is 11.1 Å². The summed E-state index contributed by atoms with van der Waals surface area (Å²) in [5.41, 5.74) is 1.79. The first-order valence-electron chi connectivity index (χ1n) is 6.30. The molecule has 0 spiro atoms. The Morgan fingerprint density at radius 2 is 1.95 bits per heavy atom. The molecule has 2 N–H and O–H groups in total. The molecule has 1 aromatic heterocycles. The Hall–Kier alpha value is -1.78. The summed E-state index contributed by atoms with van der Waals surface area (Å²) in [6, 6.07) is 11.8. The van der Waals surface area contributed by atoms with Gasteiger partial charge < -0.3 is 15.1 Å². The zero-order chi connectivity index (χ0) is 13.7. The molecule has 0 saturated carbocycles. The number of hydrogen-bond acceptors (Lipinski definition) is 3. The van der Waals surface area contributed by atoms with Crippen LogP contribution in [-0.2, 0) is 0 Å². The molecule has 0 bridgehead atoms. The van der Waals surface area contributed by atoms with Crippen LogP contribution in [0.4, 0.5) is 0 Å². The van der Waals surface area contributed by atoms with Crippen molar-refractivity contribution in [3.05, 3.63) is 48.4 Å². The van der Waals surface area contributed by atoms with Crippen LogP contribution in [0.1, 0.15) is 17.5 Å². The fraction of sp³-hybridized carbons (Fsp3) is 0.267. The van der Waals surface area contributed by atoms with E-state index in [4.69, 9.17) is 4.42 Å². The van der Waals surface area contributed by atoms with Crippen molar-refractivity contribution in [3.63, 3.8) is 0 Å². The van der Waals surface area contributed by atoms with E-state index in [0.717, 1.165) is 11.1 Å². The molecule has 5 heteroatoms. The maximum Gasteiger partial charge on any atom is 0.287 e. The van der Waals surface area contributed by atoms with Crippen LogP contribution in [0.5, 0.6) is 0 Å². The van der Waals surface area contributed by atoms with Gasteiger partial charge in [-0.3, -0.25) is 4.79 Å². The lowest BCUT2D eigenvalue weighted by atomic mass is 10.1. The first-order valence-corrected chi connectivity index (χ1v) is 6.30. The maximum atomic E-state index is 12.1. The molecule has 0 saturated heterocycles. The molecule has 2 rings (SSSR count). The Morgan fingerprint density at radius 3 is 2.60 bits per heavy atom. The second-order valence-electron chi connectivity index (χ2n) is 4.43. The minimum absolute atomic E-state index is 0. The monoisotopic (exact) mass is 294 g/mol. The number of halogens is 1. The molecule has 0 aliphatic heterocycles. The van der Waals surface area contributed by atoms with E-state index in [9.17, 15) is 4.79 Å². The highest BCUT2D eigenvalue weighted by atomic mass is 35.5. The highest BCUT2D eigenvalue weighted by Gasteiger charge is 2.16. The Labute approximate surface area is 125 Å². The van der Waals surface area contributed by atoms with Crippen molar-refractivity contribution in [2.24, 2.45) is 0 Å². The van der Waals surface area contributed by atoms with Gasteiger partial charge in [0.1, 0.15) is 0 Å². The van der Waals surface area contributed by atoms with Crippen LogP contribution in [0.15, 0.2) is 47.1 Å². The van der Waals surface area contributed by atoms with Crippen LogP contribution in [-0.4, -0.2) is 25.5 Å². The van der Waals surface area contributed by atoms with Crippen LogP contribution < -0.4 is 10.6 Å². The molecule has 0 aliphatic carbocycles. The lowest BCUT2D eigenvalue weighted by Crippen LogP contribution is -2.37. The van der Waals surface area contributed by atoms with Crippen molar-refractivity contribution in [2.75, 3.05) is 13.6 Å². The number of hydrogen-bond donors (Lipinski definition) is 2. The predicted molar refractivity (Wildman–Crippen MR) is 82.2 cm³/mol. The average molecular weight is 295 g/mol. The number of furan rings is 1. The molecule has 20 heavy (non-hydrogen) atoms. The van der Waals surface area contributed by atoms with Crippen LogP contribution in [0.25, 0.3) is 11.1 Å². The van der Waals surface area contributed by atoms with E-state index in [-0.39, 0.29) is 24.4 Å². The van der Waals surface area contributed by atoms with Gasteiger partial charge in [-0.05, 0) is 25.6 Å². The zero-order valence-corrected chi connectivity index (χ0v) is 12.4. The van der Waals surface area contributed by atoms with Gasteiger partial charge in [0.25, 0.3) is 5.91 Å². The molecule has 0 aliphatic rings. The molecule has 2 aromatic rings. The smallest absolute Gasteiger partial charge is 0.287 e. The van der Waals surface area contributed by atoms with Gasteiger partial charge in [0, 0.05) is 18.2 Å². The minimum Gasteiger partial charge on any atom is -0.459 e. The lowest BCUT2D eigenvalue weighted by Gasteiger charge is -2.11. The summed E-state index contributed by atoms with van der Waals surface area (Å²) in [6.07, 6.45) is 1.54. The van der Waals surface area contributed by atoms with Crippen LogP contribution in [0.3, 0.4) is 0 Å². The molecule has 0 radical (unpaired) electrons. The molecule has 4 nitrogen and oxygen atoms in total. The lowest BCUT2D eigenvalue weighted by molar-refractivity contribution is 0.0924. The van der Waals surface area contributed by atoms with Crippen molar-refractivity contribution in [1.29, 1.82) is 0 Å². The molecule has 1 aromatic carbocycles. The number of amides is 1. The quantitative estimate of drug-likeness (QED) is 0.891. The van der Waals surface area contributed by atoms with Crippen molar-refractivity contribution < 1.29 is 9.21 Å². The van der Waals surface area contributed by atoms with Gasteiger partial charge in [0.2, 0.25) is 0 Å². The van der Waals surface area contributed by atoms with Crippen molar-refractivity contribution in [1.82, 2.24) is 10.6 Å². The highest BCUT2D eigenvalue weighted by Crippen LogP contribution is 2.24. The van der Waals surface area contributed by atoms with Crippen LogP contribution >= 0.6 is 12.4 Å². The summed E-state index contributed by atoms with van der Waals surface area (Å²) in [5.74, 6) is 0.167. The minimum atomic E-state index is -0.189. The molecular weight excluding hydrogens is 276 g/mol. The third-order valence-corrected chi connectivity index (χ3v) is 3.02. The fourth-order valence-corrected chi connectivity index (χ4v) is 1.76. The van der Waals surface area contributed by atoms with Crippen LogP contribution in [0.2, 0.25) is 0 Å². The van der Waals surface area contributed by atoms with Gasteiger partial charge in [0.15, 0.2) is 5.76 Å². The largest absolute Gasteiger partial charge is 0.459 e. The van der Waals surface area contributed by atoms with Crippen molar-refractivity contribution >= 4 is 18.3 Å². The maximum absolute atomic E-state index is 12.1. The van der Waals surface area contributed by atoms with E-state index in [1.807, 2.05) is 50.4 Å². The van der Waals surface area contributed by atoms with Crippen LogP contribution in [0, 0.1) is 0 Å². The Balaban J connectivity index is 0.00000200. The van der Waals surface area contributed by atoms with Gasteiger partial charge in [-0.1, -0.05) is 30.3 Å². The number of rotatable bonds is 5. The molecule has 1 atom stereocenters. The zero-order valence-electron chi connectivity index (χ0n) is 11.6. The van der Waals surface area contributed by atoms with E-state index in [0.29, 0.717) is 12.3 Å². The van der Waals surface area contributed by atoms with Gasteiger partial charge in [0.05, 0.1) is 6.26 Å². The summed E-state index contributed by atoms with van der Waals surface area (Å²) >= 11 is 0. The van der Waals surface area contributed by atoms with E-state index in [2.05, 4.69) is 10.6 Å². The second kappa shape index (κ2) is 7.72. The number of carbonyl (C=O) groups is 1. The van der Waals surface area contributed by atoms with E-state index in [1.165, 1.54) is 0 Å². The molecule has 1 heterocycles. The van der Waals surface area contributed by atoms with Gasteiger partial charge in [-0.15, -0.1) is 12.4 Å². The third kappa shape index (κ3) is 3.85. The average Bonchev–Trinajstić information content (AvgIpc) is 2.94. The summed E-state index contributed by atoms with van der Waals surface area (Å²) in [6.45, 7) is 2.56. The Morgan fingerprint density at radius 1 is 1.25 bits per heavy atom. The second-order valence-corrected chi connectivity index (χ2v) is 4.43. The van der Waals surface area contributed by atoms with E-state index >= 15 is 0 Å². The highest BCUT2D eigenvalue weighted by molar-refractivity contribution is 5.98.